The molecule has 2 aromatic carbocycles. The molecule has 1 fully saturated rings. The van der Waals surface area contributed by atoms with Crippen LogP contribution in [0.5, 0.6) is 0 Å². The average molecular weight is 400 g/mol. The third-order valence-electron chi connectivity index (χ3n) is 4.43. The average Bonchev–Trinajstić information content (AvgIpc) is 3.11. The van der Waals surface area contributed by atoms with Crippen molar-refractivity contribution in [3.63, 3.8) is 0 Å². The molecule has 1 unspecified atom stereocenters. The van der Waals surface area contributed by atoms with Gasteiger partial charge < -0.3 is 9.64 Å². The summed E-state index contributed by atoms with van der Waals surface area (Å²) in [6.07, 6.45) is -3.52. The summed E-state index contributed by atoms with van der Waals surface area (Å²) in [5, 5.41) is 0. The van der Waals surface area contributed by atoms with E-state index in [0.717, 1.165) is 43.4 Å². The highest BCUT2D eigenvalue weighted by Gasteiger charge is 2.31. The van der Waals surface area contributed by atoms with Gasteiger partial charge in [-0.25, -0.2) is 8.42 Å². The second-order valence-electron chi connectivity index (χ2n) is 6.27. The number of rotatable bonds is 5. The highest BCUT2D eigenvalue weighted by Crippen LogP contribution is 2.31. The van der Waals surface area contributed by atoms with Crippen molar-refractivity contribution in [2.75, 3.05) is 29.8 Å². The molecule has 0 saturated carbocycles. The quantitative estimate of drug-likeness (QED) is 0.831. The smallest absolute Gasteiger partial charge is 0.380 e. The zero-order valence-electron chi connectivity index (χ0n) is 14.5. The number of methoxy groups -OCH3 is 1. The van der Waals surface area contributed by atoms with Crippen LogP contribution >= 0.6 is 0 Å². The Balaban J connectivity index is 1.75. The standard InChI is InChI=1S/C18H19F3N2O3S/c1-26-16-9-10-23(12-16)15-7-5-14(6-8-15)22-27(24,25)17-4-2-3-13(11-17)18(19,20)21/h2-8,11,16,22H,9-10,12H2,1H3. The Morgan fingerprint density at radius 2 is 1.85 bits per heavy atom. The van der Waals surface area contributed by atoms with Gasteiger partial charge in [-0.1, -0.05) is 6.07 Å². The van der Waals surface area contributed by atoms with Crippen molar-refractivity contribution in [1.29, 1.82) is 0 Å². The Morgan fingerprint density at radius 1 is 1.15 bits per heavy atom. The lowest BCUT2D eigenvalue weighted by Gasteiger charge is -2.19. The Morgan fingerprint density at radius 3 is 2.44 bits per heavy atom. The maximum absolute atomic E-state index is 12.8. The lowest BCUT2D eigenvalue weighted by atomic mass is 10.2. The van der Waals surface area contributed by atoms with Crippen molar-refractivity contribution in [3.8, 4) is 0 Å². The summed E-state index contributed by atoms with van der Waals surface area (Å²) in [6, 6.07) is 10.3. The molecule has 1 atom stereocenters. The first-order valence-corrected chi connectivity index (χ1v) is 9.75. The number of benzene rings is 2. The molecule has 1 saturated heterocycles. The topological polar surface area (TPSA) is 58.6 Å². The number of alkyl halides is 3. The molecule has 0 spiro atoms. The van der Waals surface area contributed by atoms with Crippen LogP contribution in [0, 0.1) is 0 Å². The van der Waals surface area contributed by atoms with Crippen LogP contribution in [0.25, 0.3) is 0 Å². The van der Waals surface area contributed by atoms with Crippen LogP contribution < -0.4 is 9.62 Å². The SMILES string of the molecule is COC1CCN(c2ccc(NS(=O)(=O)c3cccc(C(F)(F)F)c3)cc2)C1. The predicted molar refractivity (Wildman–Crippen MR) is 96.3 cm³/mol. The van der Waals surface area contributed by atoms with E-state index in [2.05, 4.69) is 9.62 Å². The van der Waals surface area contributed by atoms with E-state index >= 15 is 0 Å². The molecule has 146 valence electrons. The third kappa shape index (κ3) is 4.54. The molecule has 3 rings (SSSR count). The van der Waals surface area contributed by atoms with Crippen LogP contribution in [-0.4, -0.2) is 34.7 Å². The van der Waals surface area contributed by atoms with Gasteiger partial charge in [0.05, 0.1) is 16.6 Å². The fourth-order valence-corrected chi connectivity index (χ4v) is 4.05. The van der Waals surface area contributed by atoms with Crippen molar-refractivity contribution < 1.29 is 26.3 Å². The van der Waals surface area contributed by atoms with Crippen LogP contribution in [0.15, 0.2) is 53.4 Å². The Labute approximate surface area is 155 Å². The molecule has 27 heavy (non-hydrogen) atoms. The van der Waals surface area contributed by atoms with Crippen molar-refractivity contribution >= 4 is 21.4 Å². The summed E-state index contributed by atoms with van der Waals surface area (Å²) in [5.74, 6) is 0. The molecular formula is C18H19F3N2O3S. The largest absolute Gasteiger partial charge is 0.416 e. The lowest BCUT2D eigenvalue weighted by molar-refractivity contribution is -0.137. The summed E-state index contributed by atoms with van der Waals surface area (Å²) < 4.78 is 70.8. The first kappa shape index (κ1) is 19.5. The lowest BCUT2D eigenvalue weighted by Crippen LogP contribution is -2.22. The van der Waals surface area contributed by atoms with Gasteiger partial charge in [-0.05, 0) is 48.9 Å². The summed E-state index contributed by atoms with van der Waals surface area (Å²) in [5.41, 5.74) is 0.192. The van der Waals surface area contributed by atoms with Gasteiger partial charge >= 0.3 is 6.18 Å². The normalized spacial score (nSPS) is 17.9. The summed E-state index contributed by atoms with van der Waals surface area (Å²) >= 11 is 0. The zero-order valence-corrected chi connectivity index (χ0v) is 15.3. The van der Waals surface area contributed by atoms with E-state index in [1.165, 1.54) is 0 Å². The van der Waals surface area contributed by atoms with E-state index in [4.69, 9.17) is 4.74 Å². The van der Waals surface area contributed by atoms with E-state index in [9.17, 15) is 21.6 Å². The molecule has 0 aromatic heterocycles. The van der Waals surface area contributed by atoms with E-state index in [-0.39, 0.29) is 11.8 Å². The minimum absolute atomic E-state index is 0.170. The molecule has 1 aliphatic rings. The molecule has 5 nitrogen and oxygen atoms in total. The van der Waals surface area contributed by atoms with Gasteiger partial charge in [0, 0.05) is 31.6 Å². The first-order valence-electron chi connectivity index (χ1n) is 8.27. The molecule has 1 aliphatic heterocycles. The predicted octanol–water partition coefficient (Wildman–Crippen LogP) is 3.73. The second kappa shape index (κ2) is 7.40. The number of sulfonamides is 1. The number of halogens is 3. The number of nitrogens with one attached hydrogen (secondary N) is 1. The molecule has 0 aliphatic carbocycles. The van der Waals surface area contributed by atoms with Gasteiger partial charge in [0.15, 0.2) is 0 Å². The Bertz CT molecular complexity index is 899. The fraction of sp³-hybridized carbons (Fsp3) is 0.333. The number of anilines is 2. The van der Waals surface area contributed by atoms with Gasteiger partial charge in [0.1, 0.15) is 0 Å². The molecule has 0 bridgehead atoms. The van der Waals surface area contributed by atoms with E-state index in [1.54, 1.807) is 31.4 Å². The molecular weight excluding hydrogens is 381 g/mol. The van der Waals surface area contributed by atoms with Gasteiger partial charge in [-0.2, -0.15) is 13.2 Å². The highest BCUT2D eigenvalue weighted by molar-refractivity contribution is 7.92. The number of hydrogen-bond acceptors (Lipinski definition) is 4. The third-order valence-corrected chi connectivity index (χ3v) is 5.81. The summed E-state index contributed by atoms with van der Waals surface area (Å²) in [7, 11) is -2.46. The molecule has 0 radical (unpaired) electrons. The van der Waals surface area contributed by atoms with Gasteiger partial charge in [0.25, 0.3) is 10.0 Å². The Kier molecular flexibility index (Phi) is 5.34. The minimum Gasteiger partial charge on any atom is -0.380 e. The number of ether oxygens (including phenoxy) is 1. The molecule has 9 heteroatoms. The molecule has 0 amide bonds. The molecule has 1 N–H and O–H groups in total. The zero-order chi connectivity index (χ0) is 19.7. The molecule has 1 heterocycles. The maximum Gasteiger partial charge on any atom is 0.416 e. The second-order valence-corrected chi connectivity index (χ2v) is 7.95. The van der Waals surface area contributed by atoms with Crippen molar-refractivity contribution in [1.82, 2.24) is 0 Å². The van der Waals surface area contributed by atoms with Crippen molar-refractivity contribution in [2.45, 2.75) is 23.6 Å². The van der Waals surface area contributed by atoms with E-state index in [0.29, 0.717) is 6.07 Å². The van der Waals surface area contributed by atoms with E-state index in [1.807, 2.05) is 0 Å². The van der Waals surface area contributed by atoms with Gasteiger partial charge in [-0.3, -0.25) is 4.72 Å². The highest BCUT2D eigenvalue weighted by atomic mass is 32.2. The monoisotopic (exact) mass is 400 g/mol. The number of hydrogen-bond donors (Lipinski definition) is 1. The fourth-order valence-electron chi connectivity index (χ4n) is 2.95. The van der Waals surface area contributed by atoms with Crippen LogP contribution in [0.4, 0.5) is 24.5 Å². The van der Waals surface area contributed by atoms with Crippen LogP contribution in [-0.2, 0) is 20.9 Å². The molecule has 2 aromatic rings. The van der Waals surface area contributed by atoms with Crippen LogP contribution in [0.1, 0.15) is 12.0 Å². The van der Waals surface area contributed by atoms with Crippen LogP contribution in [0.3, 0.4) is 0 Å². The summed E-state index contributed by atoms with van der Waals surface area (Å²) in [4.78, 5) is 1.68. The Hall–Kier alpha value is -2.26. The van der Waals surface area contributed by atoms with Crippen molar-refractivity contribution in [2.24, 2.45) is 0 Å². The minimum atomic E-state index is -4.61. The van der Waals surface area contributed by atoms with Gasteiger partial charge in [-0.15, -0.1) is 0 Å². The number of nitrogens with zero attached hydrogens (tertiary/aromatic N) is 1. The van der Waals surface area contributed by atoms with Gasteiger partial charge in [0.2, 0.25) is 0 Å². The maximum atomic E-state index is 12.8. The van der Waals surface area contributed by atoms with Crippen molar-refractivity contribution in [3.05, 3.63) is 54.1 Å². The first-order chi connectivity index (χ1) is 12.7. The van der Waals surface area contributed by atoms with Crippen LogP contribution in [0.2, 0.25) is 0 Å². The van der Waals surface area contributed by atoms with E-state index < -0.39 is 26.7 Å². The summed E-state index contributed by atoms with van der Waals surface area (Å²) in [6.45, 7) is 1.60.